The van der Waals surface area contributed by atoms with Crippen LogP contribution in [-0.4, -0.2) is 37.5 Å². The van der Waals surface area contributed by atoms with E-state index in [9.17, 15) is 24.1 Å². The van der Waals surface area contributed by atoms with Crippen LogP contribution in [0.4, 0.5) is 20.6 Å². The van der Waals surface area contributed by atoms with Gasteiger partial charge in [0.05, 0.1) is 17.2 Å². The van der Waals surface area contributed by atoms with Crippen molar-refractivity contribution in [2.45, 2.75) is 33.0 Å². The Morgan fingerprint density at radius 1 is 1.16 bits per heavy atom. The summed E-state index contributed by atoms with van der Waals surface area (Å²) in [5, 5.41) is 19.5. The van der Waals surface area contributed by atoms with E-state index in [4.69, 9.17) is 0 Å². The highest BCUT2D eigenvalue weighted by Gasteiger charge is 2.28. The Labute approximate surface area is 211 Å². The van der Waals surface area contributed by atoms with Gasteiger partial charge < -0.3 is 10.2 Å². The van der Waals surface area contributed by atoms with Crippen molar-refractivity contribution in [2.24, 2.45) is 11.0 Å². The van der Waals surface area contributed by atoms with Crippen molar-refractivity contribution >= 4 is 29.0 Å². The van der Waals surface area contributed by atoms with Crippen molar-refractivity contribution in [3.8, 4) is 0 Å². The van der Waals surface area contributed by atoms with Gasteiger partial charge in [-0.2, -0.15) is 9.49 Å². The first-order chi connectivity index (χ1) is 17.8. The van der Waals surface area contributed by atoms with E-state index in [0.29, 0.717) is 30.1 Å². The maximum absolute atomic E-state index is 14.0. The molecule has 5 rings (SSSR count). The lowest BCUT2D eigenvalue weighted by molar-refractivity contribution is -0.387. The summed E-state index contributed by atoms with van der Waals surface area (Å²) in [6.45, 7) is 2.92. The SMILES string of the molecule is CC1CC(=O)N(Cc2ccc([N+](=O)[O-])c(F)c2)N=C1c1ccc(NC(=O)N2Cc3ccncc3C2)cc1. The van der Waals surface area contributed by atoms with E-state index in [1.807, 2.05) is 25.1 Å². The Kier molecular flexibility index (Phi) is 6.34. The summed E-state index contributed by atoms with van der Waals surface area (Å²) in [6.07, 6.45) is 3.71. The number of halogens is 1. The molecule has 1 N–H and O–H groups in total. The summed E-state index contributed by atoms with van der Waals surface area (Å²) in [7, 11) is 0. The Morgan fingerprint density at radius 3 is 2.62 bits per heavy atom. The molecule has 1 unspecified atom stereocenters. The normalized spacial score (nSPS) is 16.9. The fourth-order valence-electron chi connectivity index (χ4n) is 4.47. The molecule has 188 valence electrons. The van der Waals surface area contributed by atoms with Crippen LogP contribution in [0.1, 0.15) is 35.6 Å². The molecular formula is C26H23FN6O4. The summed E-state index contributed by atoms with van der Waals surface area (Å²) < 4.78 is 14.0. The molecule has 2 aromatic carbocycles. The molecule has 37 heavy (non-hydrogen) atoms. The standard InChI is InChI=1S/C26H23FN6O4/c1-16-10-24(34)32(13-17-2-7-23(33(36)37)22(27)11-17)30-25(16)18-3-5-21(6-4-18)29-26(35)31-14-19-8-9-28-12-20(19)15-31/h2-9,11-12,16H,10,13-15H2,1H3,(H,29,35). The Bertz CT molecular complexity index is 1400. The molecule has 3 amide bonds. The van der Waals surface area contributed by atoms with Crippen LogP contribution in [0.2, 0.25) is 0 Å². The average molecular weight is 503 g/mol. The van der Waals surface area contributed by atoms with E-state index in [2.05, 4.69) is 15.4 Å². The molecule has 0 saturated heterocycles. The van der Waals surface area contributed by atoms with Crippen LogP contribution in [0.5, 0.6) is 0 Å². The number of amides is 3. The first-order valence-corrected chi connectivity index (χ1v) is 11.7. The van der Waals surface area contributed by atoms with E-state index >= 15 is 0 Å². The number of aromatic nitrogens is 1. The Morgan fingerprint density at radius 2 is 1.92 bits per heavy atom. The number of rotatable bonds is 5. The molecule has 3 heterocycles. The number of nitrogens with one attached hydrogen (secondary N) is 1. The van der Waals surface area contributed by atoms with Gasteiger partial charge in [0.25, 0.3) is 0 Å². The maximum atomic E-state index is 14.0. The van der Waals surface area contributed by atoms with Crippen LogP contribution >= 0.6 is 0 Å². The quantitative estimate of drug-likeness (QED) is 0.408. The summed E-state index contributed by atoms with van der Waals surface area (Å²) in [5.41, 5.74) is 3.99. The molecule has 3 aromatic rings. The van der Waals surface area contributed by atoms with Gasteiger partial charge in [-0.15, -0.1) is 0 Å². The number of urea groups is 1. The van der Waals surface area contributed by atoms with E-state index in [1.54, 1.807) is 29.4 Å². The number of pyridine rings is 1. The van der Waals surface area contributed by atoms with Crippen LogP contribution in [0.3, 0.4) is 0 Å². The number of anilines is 1. The number of hydrogen-bond acceptors (Lipinski definition) is 6. The van der Waals surface area contributed by atoms with Crippen LogP contribution in [0.15, 0.2) is 66.0 Å². The number of benzene rings is 2. The zero-order valence-corrected chi connectivity index (χ0v) is 19.9. The molecule has 0 fully saturated rings. The van der Waals surface area contributed by atoms with Gasteiger partial charge in [-0.25, -0.2) is 9.80 Å². The monoisotopic (exact) mass is 502 g/mol. The third-order valence-electron chi connectivity index (χ3n) is 6.45. The summed E-state index contributed by atoms with van der Waals surface area (Å²) >= 11 is 0. The van der Waals surface area contributed by atoms with Crippen molar-refractivity contribution < 1.29 is 18.9 Å². The van der Waals surface area contributed by atoms with Crippen LogP contribution in [0, 0.1) is 21.8 Å². The summed E-state index contributed by atoms with van der Waals surface area (Å²) in [6, 6.07) is 12.5. The minimum Gasteiger partial charge on any atom is -0.316 e. The lowest BCUT2D eigenvalue weighted by Crippen LogP contribution is -2.36. The average Bonchev–Trinajstić information content (AvgIpc) is 3.31. The number of nitro benzene ring substituents is 1. The summed E-state index contributed by atoms with van der Waals surface area (Å²) in [5.74, 6) is -1.33. The fourth-order valence-corrected chi connectivity index (χ4v) is 4.47. The van der Waals surface area contributed by atoms with E-state index in [1.165, 1.54) is 11.1 Å². The second-order valence-electron chi connectivity index (χ2n) is 9.09. The Hall–Kier alpha value is -4.67. The molecule has 0 spiro atoms. The van der Waals surface area contributed by atoms with Crippen LogP contribution in [0.25, 0.3) is 0 Å². The molecule has 1 atom stereocenters. The van der Waals surface area contributed by atoms with Crippen molar-refractivity contribution in [1.82, 2.24) is 14.9 Å². The smallest absolute Gasteiger partial charge is 0.316 e. The Balaban J connectivity index is 1.28. The molecule has 1 aromatic heterocycles. The van der Waals surface area contributed by atoms with Gasteiger partial charge in [-0.1, -0.05) is 25.1 Å². The molecule has 11 heteroatoms. The minimum atomic E-state index is -0.961. The maximum Gasteiger partial charge on any atom is 0.322 e. The van der Waals surface area contributed by atoms with Crippen molar-refractivity contribution in [3.05, 3.63) is 99.1 Å². The highest BCUT2D eigenvalue weighted by atomic mass is 19.1. The largest absolute Gasteiger partial charge is 0.322 e. The van der Waals surface area contributed by atoms with Crippen molar-refractivity contribution in [3.63, 3.8) is 0 Å². The number of hydrogen-bond donors (Lipinski definition) is 1. The third kappa shape index (κ3) is 5.01. The van der Waals surface area contributed by atoms with Gasteiger partial charge in [0.2, 0.25) is 11.7 Å². The molecule has 0 saturated carbocycles. The van der Waals surface area contributed by atoms with Gasteiger partial charge in [0.15, 0.2) is 0 Å². The minimum absolute atomic E-state index is 0.00808. The highest BCUT2D eigenvalue weighted by Crippen LogP contribution is 2.26. The van der Waals surface area contributed by atoms with Gasteiger partial charge in [0, 0.05) is 49.6 Å². The topological polar surface area (TPSA) is 121 Å². The number of carbonyl (C=O) groups excluding carboxylic acids is 2. The first-order valence-electron chi connectivity index (χ1n) is 11.7. The third-order valence-corrected chi connectivity index (χ3v) is 6.45. The predicted octanol–water partition coefficient (Wildman–Crippen LogP) is 4.45. The molecule has 0 bridgehead atoms. The highest BCUT2D eigenvalue weighted by molar-refractivity contribution is 6.06. The zero-order chi connectivity index (χ0) is 26.1. The molecule has 0 radical (unpaired) electrons. The number of hydrazone groups is 1. The molecular weight excluding hydrogens is 479 g/mol. The lowest BCUT2D eigenvalue weighted by atomic mass is 9.93. The summed E-state index contributed by atoms with van der Waals surface area (Å²) in [4.78, 5) is 41.2. The number of fused-ring (bicyclic) bond motifs is 1. The second kappa shape index (κ2) is 9.76. The van der Waals surface area contributed by atoms with Crippen LogP contribution in [-0.2, 0) is 24.4 Å². The zero-order valence-electron chi connectivity index (χ0n) is 19.9. The van der Waals surface area contributed by atoms with Gasteiger partial charge in [-0.05, 0) is 46.5 Å². The molecule has 2 aliphatic heterocycles. The van der Waals surface area contributed by atoms with E-state index in [-0.39, 0.29) is 30.8 Å². The van der Waals surface area contributed by atoms with Crippen molar-refractivity contribution in [1.29, 1.82) is 0 Å². The fraction of sp³-hybridized carbons (Fsp3) is 0.231. The molecule has 2 aliphatic rings. The van der Waals surface area contributed by atoms with E-state index < -0.39 is 16.4 Å². The van der Waals surface area contributed by atoms with Gasteiger partial charge in [-0.3, -0.25) is 19.9 Å². The number of nitrogens with zero attached hydrogens (tertiary/aromatic N) is 5. The predicted molar refractivity (Wildman–Crippen MR) is 133 cm³/mol. The molecule has 0 aliphatic carbocycles. The number of carbonyl (C=O) groups is 2. The van der Waals surface area contributed by atoms with E-state index in [0.717, 1.165) is 28.8 Å². The lowest BCUT2D eigenvalue weighted by Gasteiger charge is -2.28. The molecule has 10 nitrogen and oxygen atoms in total. The van der Waals surface area contributed by atoms with Gasteiger partial charge in [0.1, 0.15) is 0 Å². The van der Waals surface area contributed by atoms with Gasteiger partial charge >= 0.3 is 11.7 Å². The van der Waals surface area contributed by atoms with Crippen LogP contribution < -0.4 is 5.32 Å². The first kappa shape index (κ1) is 24.0. The second-order valence-corrected chi connectivity index (χ2v) is 9.09. The van der Waals surface area contributed by atoms with Crippen molar-refractivity contribution in [2.75, 3.05) is 5.32 Å². The number of nitro groups is 1.